The molecule has 7 nitrogen and oxygen atoms in total. The van der Waals surface area contributed by atoms with E-state index in [9.17, 15) is 4.79 Å². The number of aromatic nitrogens is 2. The van der Waals surface area contributed by atoms with Gasteiger partial charge in [0, 0.05) is 50.5 Å². The average Bonchev–Trinajstić information content (AvgIpc) is 3.27. The van der Waals surface area contributed by atoms with Crippen molar-refractivity contribution in [2.24, 2.45) is 5.92 Å². The van der Waals surface area contributed by atoms with Crippen LogP contribution in [0.5, 0.6) is 5.75 Å². The Kier molecular flexibility index (Phi) is 6.12. The van der Waals surface area contributed by atoms with Crippen molar-refractivity contribution in [2.45, 2.75) is 25.2 Å². The zero-order chi connectivity index (χ0) is 20.1. The molecule has 0 aliphatic carbocycles. The molecule has 7 heteroatoms. The Morgan fingerprint density at radius 2 is 2.00 bits per heavy atom. The number of nitrogens with one attached hydrogen (secondary N) is 1. The summed E-state index contributed by atoms with van der Waals surface area (Å²) in [5.74, 6) is 1.79. The lowest BCUT2D eigenvalue weighted by atomic mass is 9.93. The minimum absolute atomic E-state index is 0.0573. The lowest BCUT2D eigenvalue weighted by Crippen LogP contribution is -2.45. The normalized spacial score (nSPS) is 20.0. The number of carbonyl (C=O) groups is 1. The van der Waals surface area contributed by atoms with Crippen molar-refractivity contribution in [1.29, 1.82) is 0 Å². The number of carbonyl (C=O) groups excluding carboxylic acids is 1. The van der Waals surface area contributed by atoms with Crippen molar-refractivity contribution in [2.75, 3.05) is 44.7 Å². The van der Waals surface area contributed by atoms with E-state index in [1.807, 2.05) is 29.2 Å². The van der Waals surface area contributed by atoms with Gasteiger partial charge in [-0.15, -0.1) is 0 Å². The third-order valence-electron chi connectivity index (χ3n) is 6.06. The third-order valence-corrected chi connectivity index (χ3v) is 6.06. The van der Waals surface area contributed by atoms with Gasteiger partial charge in [-0.1, -0.05) is 12.1 Å². The third kappa shape index (κ3) is 4.60. The summed E-state index contributed by atoms with van der Waals surface area (Å²) in [6.07, 6.45) is 6.38. The fourth-order valence-corrected chi connectivity index (χ4v) is 4.37. The molecule has 1 N–H and O–H groups in total. The molecule has 1 unspecified atom stereocenters. The highest BCUT2D eigenvalue weighted by molar-refractivity contribution is 5.74. The first-order valence-electron chi connectivity index (χ1n) is 10.4. The molecule has 2 amide bonds. The largest absolute Gasteiger partial charge is 0.495 e. The molecule has 0 bridgehead atoms. The number of urea groups is 1. The lowest BCUT2D eigenvalue weighted by Gasteiger charge is -2.32. The van der Waals surface area contributed by atoms with Gasteiger partial charge in [0.15, 0.2) is 0 Å². The van der Waals surface area contributed by atoms with Gasteiger partial charge >= 0.3 is 6.03 Å². The first-order chi connectivity index (χ1) is 14.2. The van der Waals surface area contributed by atoms with Gasteiger partial charge in [-0.3, -0.25) is 0 Å². The summed E-state index contributed by atoms with van der Waals surface area (Å²) < 4.78 is 5.49. The maximum atomic E-state index is 12.6. The number of methoxy groups -OCH3 is 1. The van der Waals surface area contributed by atoms with E-state index in [1.54, 1.807) is 19.6 Å². The summed E-state index contributed by atoms with van der Waals surface area (Å²) in [4.78, 5) is 25.2. The molecule has 0 spiro atoms. The molecule has 2 saturated heterocycles. The number of likely N-dealkylation sites (tertiary alicyclic amines) is 1. The van der Waals surface area contributed by atoms with E-state index in [2.05, 4.69) is 26.3 Å². The van der Waals surface area contributed by atoms with E-state index in [-0.39, 0.29) is 6.03 Å². The topological polar surface area (TPSA) is 70.6 Å². The van der Waals surface area contributed by atoms with Gasteiger partial charge in [0.25, 0.3) is 0 Å². The minimum Gasteiger partial charge on any atom is -0.495 e. The van der Waals surface area contributed by atoms with E-state index < -0.39 is 0 Å². The molecule has 2 aliphatic heterocycles. The quantitative estimate of drug-likeness (QED) is 0.843. The summed E-state index contributed by atoms with van der Waals surface area (Å²) in [7, 11) is 1.71. The van der Waals surface area contributed by atoms with Gasteiger partial charge in [-0.05, 0) is 43.4 Å². The molecule has 1 aromatic carbocycles. The zero-order valence-corrected chi connectivity index (χ0v) is 17.0. The van der Waals surface area contributed by atoms with E-state index in [4.69, 9.17) is 4.74 Å². The van der Waals surface area contributed by atoms with Gasteiger partial charge in [-0.2, -0.15) is 0 Å². The smallest absolute Gasteiger partial charge is 0.317 e. The summed E-state index contributed by atoms with van der Waals surface area (Å²) in [5, 5.41) is 3.15. The SMILES string of the molecule is COc1ccccc1N1CCC(CNC(=O)N2CCC(c3ccncn3)CC2)C1. The van der Waals surface area contributed by atoms with Crippen LogP contribution >= 0.6 is 0 Å². The maximum Gasteiger partial charge on any atom is 0.317 e. The second kappa shape index (κ2) is 9.11. The fraction of sp³-hybridized carbons (Fsp3) is 0.500. The number of benzene rings is 1. The number of hydrogen-bond acceptors (Lipinski definition) is 5. The Bertz CT molecular complexity index is 808. The fourth-order valence-electron chi connectivity index (χ4n) is 4.37. The van der Waals surface area contributed by atoms with E-state index in [1.165, 1.54) is 0 Å². The number of ether oxygens (including phenoxy) is 1. The van der Waals surface area contributed by atoms with Crippen molar-refractivity contribution >= 4 is 11.7 Å². The first kappa shape index (κ1) is 19.5. The Morgan fingerprint density at radius 3 is 2.76 bits per heavy atom. The van der Waals surface area contributed by atoms with Gasteiger partial charge in [-0.25, -0.2) is 14.8 Å². The molecule has 1 atom stereocenters. The van der Waals surface area contributed by atoms with Crippen LogP contribution in [0, 0.1) is 5.92 Å². The number of piperidine rings is 1. The lowest BCUT2D eigenvalue weighted by molar-refractivity contribution is 0.179. The summed E-state index contributed by atoms with van der Waals surface area (Å²) in [6, 6.07) is 10.2. The summed E-state index contributed by atoms with van der Waals surface area (Å²) >= 11 is 0. The van der Waals surface area contributed by atoms with Gasteiger partial charge in [0.1, 0.15) is 12.1 Å². The molecule has 154 valence electrons. The molecule has 0 saturated carbocycles. The van der Waals surface area contributed by atoms with Crippen LogP contribution in [0.1, 0.15) is 30.9 Å². The molecule has 2 aliphatic rings. The standard InChI is InChI=1S/C22H29N5O2/c1-29-21-5-3-2-4-20(21)27-11-7-17(15-27)14-24-22(28)26-12-8-18(9-13-26)19-6-10-23-16-25-19/h2-6,10,16-18H,7-9,11-15H2,1H3,(H,24,28). The molecule has 0 radical (unpaired) electrons. The Morgan fingerprint density at radius 1 is 1.17 bits per heavy atom. The second-order valence-electron chi connectivity index (χ2n) is 7.85. The Hall–Kier alpha value is -2.83. The second-order valence-corrected chi connectivity index (χ2v) is 7.85. The van der Waals surface area contributed by atoms with Crippen molar-refractivity contribution in [3.63, 3.8) is 0 Å². The van der Waals surface area contributed by atoms with E-state index in [0.717, 1.165) is 69.1 Å². The zero-order valence-electron chi connectivity index (χ0n) is 17.0. The molecular formula is C22H29N5O2. The minimum atomic E-state index is 0.0573. The first-order valence-corrected chi connectivity index (χ1v) is 10.4. The maximum absolute atomic E-state index is 12.6. The molecule has 3 heterocycles. The van der Waals surface area contributed by atoms with Crippen LogP contribution in [0.15, 0.2) is 42.9 Å². The molecule has 2 fully saturated rings. The van der Waals surface area contributed by atoms with Gasteiger partial charge in [0.05, 0.1) is 12.8 Å². The average molecular weight is 396 g/mol. The predicted molar refractivity (Wildman–Crippen MR) is 112 cm³/mol. The number of amides is 2. The van der Waals surface area contributed by atoms with Crippen LogP contribution in [0.3, 0.4) is 0 Å². The molecule has 2 aromatic rings. The van der Waals surface area contributed by atoms with Crippen LogP contribution in [0.25, 0.3) is 0 Å². The van der Waals surface area contributed by atoms with Crippen LogP contribution in [-0.4, -0.2) is 60.7 Å². The number of anilines is 1. The van der Waals surface area contributed by atoms with Crippen molar-refractivity contribution < 1.29 is 9.53 Å². The number of para-hydroxylation sites is 2. The highest BCUT2D eigenvalue weighted by atomic mass is 16.5. The van der Waals surface area contributed by atoms with Gasteiger partial charge in [0.2, 0.25) is 0 Å². The number of hydrogen-bond donors (Lipinski definition) is 1. The Balaban J connectivity index is 1.23. The molecular weight excluding hydrogens is 366 g/mol. The monoisotopic (exact) mass is 395 g/mol. The number of nitrogens with zero attached hydrogens (tertiary/aromatic N) is 4. The van der Waals surface area contributed by atoms with Crippen LogP contribution in [-0.2, 0) is 0 Å². The van der Waals surface area contributed by atoms with E-state index >= 15 is 0 Å². The van der Waals surface area contributed by atoms with Crippen molar-refractivity contribution in [3.05, 3.63) is 48.5 Å². The summed E-state index contributed by atoms with van der Waals surface area (Å²) in [6.45, 7) is 4.20. The predicted octanol–water partition coefficient (Wildman–Crippen LogP) is 2.90. The molecule has 4 rings (SSSR count). The molecule has 29 heavy (non-hydrogen) atoms. The van der Waals surface area contributed by atoms with Crippen molar-refractivity contribution in [3.8, 4) is 5.75 Å². The summed E-state index contributed by atoms with van der Waals surface area (Å²) in [5.41, 5.74) is 2.22. The van der Waals surface area contributed by atoms with Crippen LogP contribution < -0.4 is 15.0 Å². The highest BCUT2D eigenvalue weighted by Gasteiger charge is 2.27. The van der Waals surface area contributed by atoms with Crippen LogP contribution in [0.4, 0.5) is 10.5 Å². The van der Waals surface area contributed by atoms with Gasteiger partial charge < -0.3 is 19.9 Å². The van der Waals surface area contributed by atoms with E-state index in [0.29, 0.717) is 11.8 Å². The van der Waals surface area contributed by atoms with Crippen LogP contribution in [0.2, 0.25) is 0 Å². The highest BCUT2D eigenvalue weighted by Crippen LogP contribution is 2.32. The Labute approximate surface area is 172 Å². The van der Waals surface area contributed by atoms with Crippen molar-refractivity contribution in [1.82, 2.24) is 20.2 Å². The molecule has 1 aromatic heterocycles. The number of rotatable bonds is 5.